The topological polar surface area (TPSA) is 16.1 Å². The molecule has 0 aliphatic carbocycles. The molecule has 1 aromatic heterocycles. The van der Waals surface area contributed by atoms with E-state index in [4.69, 9.17) is 11.6 Å². The maximum Gasteiger partial charge on any atom is 0.390 e. The van der Waals surface area contributed by atoms with E-state index in [1.165, 1.54) is 11.1 Å². The summed E-state index contributed by atoms with van der Waals surface area (Å²) in [7, 11) is 1.58. The fourth-order valence-electron chi connectivity index (χ4n) is 1.16. The minimum absolute atomic E-state index is 0.109. The third-order valence-corrected chi connectivity index (χ3v) is 2.39. The Hall–Kier alpha value is -0.970. The smallest absolute Gasteiger partial charge is 0.359 e. The van der Waals surface area contributed by atoms with Crippen LogP contribution in [0.4, 0.5) is 19.0 Å². The molecular formula is C10H12ClF3N2. The SMILES string of the molecule is CN(CCC(F)(F)F)c1cc(CCl)ccn1. The maximum atomic E-state index is 12.0. The van der Waals surface area contributed by atoms with Gasteiger partial charge >= 0.3 is 6.18 Å². The molecule has 0 N–H and O–H groups in total. The van der Waals surface area contributed by atoms with Crippen molar-refractivity contribution in [2.24, 2.45) is 0 Å². The normalized spacial score (nSPS) is 11.6. The number of rotatable bonds is 4. The molecule has 0 fully saturated rings. The molecule has 0 aromatic carbocycles. The van der Waals surface area contributed by atoms with Crippen LogP contribution in [0.5, 0.6) is 0 Å². The van der Waals surface area contributed by atoms with Gasteiger partial charge in [0.15, 0.2) is 0 Å². The Labute approximate surface area is 97.0 Å². The van der Waals surface area contributed by atoms with Crippen molar-refractivity contribution in [2.75, 3.05) is 18.5 Å². The van der Waals surface area contributed by atoms with Crippen LogP contribution in [0.25, 0.3) is 0 Å². The zero-order valence-electron chi connectivity index (χ0n) is 8.76. The van der Waals surface area contributed by atoms with Crippen LogP contribution in [-0.2, 0) is 5.88 Å². The van der Waals surface area contributed by atoms with Crippen LogP contribution in [0.3, 0.4) is 0 Å². The van der Waals surface area contributed by atoms with Gasteiger partial charge in [-0.2, -0.15) is 13.2 Å². The number of nitrogens with zero attached hydrogens (tertiary/aromatic N) is 2. The second-order valence-electron chi connectivity index (χ2n) is 3.44. The predicted molar refractivity (Wildman–Crippen MR) is 57.7 cm³/mol. The van der Waals surface area contributed by atoms with Crippen molar-refractivity contribution < 1.29 is 13.2 Å². The van der Waals surface area contributed by atoms with E-state index in [1.54, 1.807) is 19.2 Å². The van der Waals surface area contributed by atoms with Gasteiger partial charge in [0, 0.05) is 25.7 Å². The highest BCUT2D eigenvalue weighted by molar-refractivity contribution is 6.17. The Morgan fingerprint density at radius 2 is 2.12 bits per heavy atom. The summed E-state index contributed by atoms with van der Waals surface area (Å²) >= 11 is 5.63. The minimum Gasteiger partial charge on any atom is -0.359 e. The zero-order chi connectivity index (χ0) is 12.2. The number of anilines is 1. The molecule has 2 nitrogen and oxygen atoms in total. The zero-order valence-corrected chi connectivity index (χ0v) is 9.52. The molecule has 0 atom stereocenters. The first-order chi connectivity index (χ1) is 7.42. The van der Waals surface area contributed by atoms with E-state index in [-0.39, 0.29) is 6.54 Å². The van der Waals surface area contributed by atoms with Crippen LogP contribution in [0.2, 0.25) is 0 Å². The standard InChI is InChI=1S/C10H12ClF3N2/c1-16(5-3-10(12,13)14)9-6-8(7-11)2-4-15-9/h2,4,6H,3,5,7H2,1H3. The van der Waals surface area contributed by atoms with Crippen LogP contribution in [-0.4, -0.2) is 24.8 Å². The number of aromatic nitrogens is 1. The average Bonchev–Trinajstić information content (AvgIpc) is 2.25. The van der Waals surface area contributed by atoms with Crippen molar-refractivity contribution in [3.63, 3.8) is 0 Å². The summed E-state index contributed by atoms with van der Waals surface area (Å²) in [5.74, 6) is 0.824. The lowest BCUT2D eigenvalue weighted by Crippen LogP contribution is -2.24. The molecule has 0 saturated carbocycles. The van der Waals surface area contributed by atoms with Gasteiger partial charge < -0.3 is 4.90 Å². The van der Waals surface area contributed by atoms with E-state index >= 15 is 0 Å². The summed E-state index contributed by atoms with van der Waals surface area (Å²) in [5, 5.41) is 0. The van der Waals surface area contributed by atoms with Crippen molar-refractivity contribution in [1.29, 1.82) is 0 Å². The van der Waals surface area contributed by atoms with E-state index in [1.807, 2.05) is 0 Å². The first-order valence-electron chi connectivity index (χ1n) is 4.71. The van der Waals surface area contributed by atoms with Gasteiger partial charge in [-0.3, -0.25) is 0 Å². The van der Waals surface area contributed by atoms with Crippen LogP contribution < -0.4 is 4.90 Å². The van der Waals surface area contributed by atoms with Gasteiger partial charge in [0.1, 0.15) is 5.82 Å². The molecule has 16 heavy (non-hydrogen) atoms. The third-order valence-electron chi connectivity index (χ3n) is 2.09. The van der Waals surface area contributed by atoms with Crippen molar-refractivity contribution >= 4 is 17.4 Å². The van der Waals surface area contributed by atoms with E-state index in [2.05, 4.69) is 4.98 Å². The van der Waals surface area contributed by atoms with Crippen LogP contribution in [0.1, 0.15) is 12.0 Å². The first-order valence-corrected chi connectivity index (χ1v) is 5.24. The summed E-state index contributed by atoms with van der Waals surface area (Å²) in [5.41, 5.74) is 0.838. The third kappa shape index (κ3) is 4.26. The molecule has 0 radical (unpaired) electrons. The summed E-state index contributed by atoms with van der Waals surface area (Å²) in [6, 6.07) is 3.41. The van der Waals surface area contributed by atoms with Crippen LogP contribution in [0.15, 0.2) is 18.3 Å². The van der Waals surface area contributed by atoms with Crippen LogP contribution in [0, 0.1) is 0 Å². The monoisotopic (exact) mass is 252 g/mol. The number of halogens is 4. The lowest BCUT2D eigenvalue weighted by molar-refractivity contribution is -0.132. The summed E-state index contributed by atoms with van der Waals surface area (Å²) in [6.07, 6.45) is -3.45. The van der Waals surface area contributed by atoms with Gasteiger partial charge in [0.2, 0.25) is 0 Å². The molecule has 0 spiro atoms. The molecule has 1 heterocycles. The van der Waals surface area contributed by atoms with Crippen molar-refractivity contribution in [3.8, 4) is 0 Å². The largest absolute Gasteiger partial charge is 0.390 e. The molecule has 0 aliphatic heterocycles. The maximum absolute atomic E-state index is 12.0. The Balaban J connectivity index is 2.62. The summed E-state index contributed by atoms with van der Waals surface area (Å²) in [4.78, 5) is 5.45. The highest BCUT2D eigenvalue weighted by Crippen LogP contribution is 2.21. The number of alkyl halides is 4. The minimum atomic E-state index is -4.14. The highest BCUT2D eigenvalue weighted by atomic mass is 35.5. The molecular weight excluding hydrogens is 241 g/mol. The second kappa shape index (κ2) is 5.39. The van der Waals surface area contributed by atoms with Gasteiger partial charge in [0.05, 0.1) is 6.42 Å². The molecule has 0 aliphatic rings. The van der Waals surface area contributed by atoms with Gasteiger partial charge in [-0.15, -0.1) is 11.6 Å². The molecule has 0 unspecified atom stereocenters. The number of hydrogen-bond donors (Lipinski definition) is 0. The fraction of sp³-hybridized carbons (Fsp3) is 0.500. The quantitative estimate of drug-likeness (QED) is 0.765. The summed E-state index contributed by atoms with van der Waals surface area (Å²) < 4.78 is 36.0. The van der Waals surface area contributed by atoms with Gasteiger partial charge in [-0.1, -0.05) is 0 Å². The predicted octanol–water partition coefficient (Wildman–Crippen LogP) is 3.21. The van der Waals surface area contributed by atoms with Crippen molar-refractivity contribution in [1.82, 2.24) is 4.98 Å². The lowest BCUT2D eigenvalue weighted by atomic mass is 10.3. The molecule has 90 valence electrons. The number of pyridine rings is 1. The fourth-order valence-corrected chi connectivity index (χ4v) is 1.33. The highest BCUT2D eigenvalue weighted by Gasteiger charge is 2.27. The summed E-state index contributed by atoms with van der Waals surface area (Å²) in [6.45, 7) is -0.109. The number of hydrogen-bond acceptors (Lipinski definition) is 2. The van der Waals surface area contributed by atoms with Gasteiger partial charge in [-0.25, -0.2) is 4.98 Å². The Kier molecular flexibility index (Phi) is 4.41. The molecule has 6 heteroatoms. The van der Waals surface area contributed by atoms with Crippen LogP contribution >= 0.6 is 11.6 Å². The van der Waals surface area contributed by atoms with E-state index in [9.17, 15) is 13.2 Å². The lowest BCUT2D eigenvalue weighted by Gasteiger charge is -2.19. The Bertz CT molecular complexity index is 341. The first kappa shape index (κ1) is 13.1. The van der Waals surface area contributed by atoms with Crippen molar-refractivity contribution in [3.05, 3.63) is 23.9 Å². The molecule has 1 aromatic rings. The molecule has 0 bridgehead atoms. The molecule has 1 rings (SSSR count). The van der Waals surface area contributed by atoms with Crippen molar-refractivity contribution in [2.45, 2.75) is 18.5 Å². The van der Waals surface area contributed by atoms with Gasteiger partial charge in [-0.05, 0) is 17.7 Å². The second-order valence-corrected chi connectivity index (χ2v) is 3.71. The Morgan fingerprint density at radius 1 is 1.44 bits per heavy atom. The molecule has 0 saturated heterocycles. The van der Waals surface area contributed by atoms with E-state index in [0.29, 0.717) is 11.7 Å². The molecule has 0 amide bonds. The van der Waals surface area contributed by atoms with E-state index < -0.39 is 12.6 Å². The average molecular weight is 253 g/mol. The van der Waals surface area contributed by atoms with Gasteiger partial charge in [0.25, 0.3) is 0 Å². The Morgan fingerprint density at radius 3 is 2.69 bits per heavy atom. The van der Waals surface area contributed by atoms with E-state index in [0.717, 1.165) is 5.56 Å².